The van der Waals surface area contributed by atoms with E-state index in [1.807, 2.05) is 35.0 Å². The number of amides is 1. The summed E-state index contributed by atoms with van der Waals surface area (Å²) in [7, 11) is 0. The Morgan fingerprint density at radius 2 is 2.03 bits per heavy atom. The average molecular weight is 480 g/mol. The van der Waals surface area contributed by atoms with E-state index >= 15 is 0 Å². The quantitative estimate of drug-likeness (QED) is 0.401. The first-order chi connectivity index (χ1) is 14.6. The van der Waals surface area contributed by atoms with Gasteiger partial charge >= 0.3 is 0 Å². The lowest BCUT2D eigenvalue weighted by atomic mass is 10.2. The van der Waals surface area contributed by atoms with Crippen LogP contribution in [0.25, 0.3) is 21.1 Å². The third kappa shape index (κ3) is 3.19. The van der Waals surface area contributed by atoms with Crippen LogP contribution in [-0.2, 0) is 6.54 Å². The molecule has 8 nitrogen and oxygen atoms in total. The van der Waals surface area contributed by atoms with Crippen molar-refractivity contribution in [1.82, 2.24) is 24.7 Å². The molecular weight excluding hydrogens is 466 g/mol. The van der Waals surface area contributed by atoms with Gasteiger partial charge in [-0.15, -0.1) is 11.3 Å². The minimum atomic E-state index is -0.263. The lowest BCUT2D eigenvalue weighted by Gasteiger charge is -2.07. The molecule has 0 fully saturated rings. The van der Waals surface area contributed by atoms with Gasteiger partial charge in [0.1, 0.15) is 16.7 Å². The van der Waals surface area contributed by atoms with Crippen molar-refractivity contribution in [2.75, 3.05) is 11.1 Å². The summed E-state index contributed by atoms with van der Waals surface area (Å²) in [4.78, 5) is 25.2. The topological polar surface area (TPSA) is 112 Å². The van der Waals surface area contributed by atoms with Crippen LogP contribution in [0.1, 0.15) is 15.9 Å². The molecule has 5 rings (SSSR count). The predicted octanol–water partition coefficient (Wildman–Crippen LogP) is 4.08. The molecule has 4 aromatic heterocycles. The Labute approximate surface area is 182 Å². The molecule has 0 aliphatic heterocycles. The molecule has 0 aliphatic carbocycles. The van der Waals surface area contributed by atoms with Gasteiger partial charge < -0.3 is 11.1 Å². The zero-order valence-corrected chi connectivity index (χ0v) is 17.8. The van der Waals surface area contributed by atoms with Crippen LogP contribution in [0, 0.1) is 0 Å². The number of carbonyl (C=O) groups excluding carboxylic acids is 1. The van der Waals surface area contributed by atoms with Crippen molar-refractivity contribution >= 4 is 65.8 Å². The molecule has 10 heteroatoms. The molecule has 0 atom stereocenters. The van der Waals surface area contributed by atoms with Crippen molar-refractivity contribution in [3.8, 4) is 0 Å². The van der Waals surface area contributed by atoms with Crippen LogP contribution in [0.15, 0.2) is 59.0 Å². The van der Waals surface area contributed by atoms with E-state index in [2.05, 4.69) is 41.3 Å². The second-order valence-electron chi connectivity index (χ2n) is 6.54. The van der Waals surface area contributed by atoms with Crippen molar-refractivity contribution in [1.29, 1.82) is 0 Å². The molecule has 0 bridgehead atoms. The Morgan fingerprint density at radius 3 is 2.87 bits per heavy atom. The zero-order valence-electron chi connectivity index (χ0n) is 15.4. The average Bonchev–Trinajstić information content (AvgIpc) is 3.32. The number of hydrogen-bond donors (Lipinski definition) is 2. The summed E-state index contributed by atoms with van der Waals surface area (Å²) in [5, 5.41) is 10.2. The molecule has 0 aliphatic rings. The highest BCUT2D eigenvalue weighted by Crippen LogP contribution is 2.33. The van der Waals surface area contributed by atoms with E-state index in [1.54, 1.807) is 17.8 Å². The number of nitrogens with two attached hydrogens (primary N) is 1. The monoisotopic (exact) mass is 479 g/mol. The Kier molecular flexibility index (Phi) is 4.64. The van der Waals surface area contributed by atoms with Crippen LogP contribution in [-0.4, -0.2) is 30.6 Å². The summed E-state index contributed by atoms with van der Waals surface area (Å²) in [6, 6.07) is 9.60. The van der Waals surface area contributed by atoms with Crippen LogP contribution >= 0.6 is 27.3 Å². The van der Waals surface area contributed by atoms with Crippen molar-refractivity contribution in [2.24, 2.45) is 0 Å². The third-order valence-electron chi connectivity index (χ3n) is 4.69. The normalized spacial score (nSPS) is 11.2. The number of nitrogens with zero attached hydrogens (tertiary/aromatic N) is 5. The number of anilines is 2. The number of pyridine rings is 1. The number of halogens is 1. The Morgan fingerprint density at radius 1 is 1.20 bits per heavy atom. The zero-order chi connectivity index (χ0) is 20.7. The molecule has 3 N–H and O–H groups in total. The van der Waals surface area contributed by atoms with E-state index in [1.165, 1.54) is 17.7 Å². The maximum absolute atomic E-state index is 13.0. The summed E-state index contributed by atoms with van der Waals surface area (Å²) in [5.41, 5.74) is 9.54. The van der Waals surface area contributed by atoms with E-state index < -0.39 is 0 Å². The third-order valence-corrected chi connectivity index (χ3v) is 6.24. The highest BCUT2D eigenvalue weighted by molar-refractivity contribution is 9.10. The number of aromatic nitrogens is 5. The van der Waals surface area contributed by atoms with Gasteiger partial charge in [-0.05, 0) is 45.8 Å². The van der Waals surface area contributed by atoms with Crippen molar-refractivity contribution < 1.29 is 4.79 Å². The van der Waals surface area contributed by atoms with Crippen LogP contribution in [0.2, 0.25) is 0 Å². The van der Waals surface area contributed by atoms with E-state index in [-0.39, 0.29) is 5.91 Å². The first kappa shape index (κ1) is 18.6. The van der Waals surface area contributed by atoms with Crippen LogP contribution in [0.3, 0.4) is 0 Å². The summed E-state index contributed by atoms with van der Waals surface area (Å²) in [6.45, 7) is 0.591. The maximum atomic E-state index is 13.0. The first-order valence-corrected chi connectivity index (χ1v) is 10.6. The van der Waals surface area contributed by atoms with Gasteiger partial charge in [-0.3, -0.25) is 14.5 Å². The Balaban J connectivity index is 1.51. The summed E-state index contributed by atoms with van der Waals surface area (Å²) >= 11 is 4.89. The number of fused-ring (bicyclic) bond motifs is 2. The summed E-state index contributed by atoms with van der Waals surface area (Å²) < 4.78 is 3.25. The second-order valence-corrected chi connectivity index (χ2v) is 8.17. The standard InChI is InChI=1S/C20H14BrN7OS/c21-18-15-13(26-20(29)12-9-30-17-16(12)24-10-25-19(17)22)2-1-3-14(15)28(27-18)8-11-4-6-23-7-5-11/h1-7,9-10H,8H2,(H,26,29)(H2,22,24,25). The first-order valence-electron chi connectivity index (χ1n) is 8.95. The maximum Gasteiger partial charge on any atom is 0.258 e. The van der Waals surface area contributed by atoms with Gasteiger partial charge in [0.05, 0.1) is 38.9 Å². The van der Waals surface area contributed by atoms with Crippen molar-refractivity contribution in [2.45, 2.75) is 6.54 Å². The van der Waals surface area contributed by atoms with Gasteiger partial charge in [0.25, 0.3) is 5.91 Å². The fourth-order valence-electron chi connectivity index (χ4n) is 3.29. The fourth-order valence-corrected chi connectivity index (χ4v) is 4.80. The molecule has 0 saturated heterocycles. The number of thiophene rings is 1. The van der Waals surface area contributed by atoms with E-state index in [4.69, 9.17) is 5.73 Å². The van der Waals surface area contributed by atoms with Crippen LogP contribution < -0.4 is 11.1 Å². The molecule has 1 aromatic carbocycles. The number of nitrogen functional groups attached to an aromatic ring is 1. The number of nitrogens with one attached hydrogen (secondary N) is 1. The van der Waals surface area contributed by atoms with E-state index in [0.29, 0.717) is 38.4 Å². The molecule has 148 valence electrons. The number of benzene rings is 1. The van der Waals surface area contributed by atoms with E-state index in [0.717, 1.165) is 16.5 Å². The molecule has 0 radical (unpaired) electrons. The van der Waals surface area contributed by atoms with Crippen molar-refractivity contribution in [3.63, 3.8) is 0 Å². The Bertz CT molecular complexity index is 1400. The number of rotatable bonds is 4. The van der Waals surface area contributed by atoms with Gasteiger partial charge in [0, 0.05) is 17.8 Å². The lowest BCUT2D eigenvalue weighted by molar-refractivity contribution is 0.102. The van der Waals surface area contributed by atoms with Gasteiger partial charge in [-0.1, -0.05) is 6.07 Å². The molecule has 0 spiro atoms. The minimum absolute atomic E-state index is 0.263. The predicted molar refractivity (Wildman–Crippen MR) is 121 cm³/mol. The molecular formula is C20H14BrN7OS. The van der Waals surface area contributed by atoms with Crippen molar-refractivity contribution in [3.05, 3.63) is 70.2 Å². The molecule has 30 heavy (non-hydrogen) atoms. The molecule has 4 heterocycles. The summed E-state index contributed by atoms with van der Waals surface area (Å²) in [6.07, 6.45) is 4.87. The fraction of sp³-hybridized carbons (Fsp3) is 0.0500. The van der Waals surface area contributed by atoms with Crippen LogP contribution in [0.5, 0.6) is 0 Å². The summed E-state index contributed by atoms with van der Waals surface area (Å²) in [5.74, 6) is 0.104. The molecule has 0 saturated carbocycles. The lowest BCUT2D eigenvalue weighted by Crippen LogP contribution is -2.12. The molecule has 0 unspecified atom stereocenters. The minimum Gasteiger partial charge on any atom is -0.382 e. The highest BCUT2D eigenvalue weighted by Gasteiger charge is 2.19. The molecule has 1 amide bonds. The smallest absolute Gasteiger partial charge is 0.258 e. The SMILES string of the molecule is Nc1ncnc2c(C(=O)Nc3cccc4c3c(Br)nn4Cc3ccncc3)csc12. The highest BCUT2D eigenvalue weighted by atomic mass is 79.9. The largest absolute Gasteiger partial charge is 0.382 e. The number of hydrogen-bond acceptors (Lipinski definition) is 7. The Hall–Kier alpha value is -3.37. The number of carbonyl (C=O) groups is 1. The molecule has 5 aromatic rings. The van der Waals surface area contributed by atoms with Gasteiger partial charge in [-0.25, -0.2) is 9.97 Å². The van der Waals surface area contributed by atoms with Crippen LogP contribution in [0.4, 0.5) is 11.5 Å². The van der Waals surface area contributed by atoms with Gasteiger partial charge in [-0.2, -0.15) is 5.10 Å². The van der Waals surface area contributed by atoms with E-state index in [9.17, 15) is 4.79 Å². The van der Waals surface area contributed by atoms with Gasteiger partial charge in [0.15, 0.2) is 0 Å². The van der Waals surface area contributed by atoms with Gasteiger partial charge in [0.2, 0.25) is 0 Å². The second kappa shape index (κ2) is 7.47.